The van der Waals surface area contributed by atoms with Crippen LogP contribution in [0.15, 0.2) is 59.4 Å². The zero-order valence-corrected chi connectivity index (χ0v) is 13.7. The van der Waals surface area contributed by atoms with E-state index in [-0.39, 0.29) is 11.9 Å². The summed E-state index contributed by atoms with van der Waals surface area (Å²) < 4.78 is 5.38. The number of hydrogen-bond donors (Lipinski definition) is 0. The normalized spacial score (nSPS) is 16.5. The maximum absolute atomic E-state index is 12.5. The SMILES string of the molecule is O=C(CCc1ccccc1)N1CC[C@@H]1c1nc(-c2cccnc2)no1. The molecule has 1 atom stereocenters. The van der Waals surface area contributed by atoms with Crippen LogP contribution in [0, 0.1) is 0 Å². The molecule has 0 radical (unpaired) electrons. The molecule has 25 heavy (non-hydrogen) atoms. The van der Waals surface area contributed by atoms with Crippen molar-refractivity contribution in [2.24, 2.45) is 0 Å². The number of aryl methyl sites for hydroxylation is 1. The molecule has 0 aliphatic carbocycles. The van der Waals surface area contributed by atoms with Gasteiger partial charge in [0, 0.05) is 30.9 Å². The van der Waals surface area contributed by atoms with Crippen LogP contribution in [0.2, 0.25) is 0 Å². The fraction of sp³-hybridized carbons (Fsp3) is 0.263. The summed E-state index contributed by atoms with van der Waals surface area (Å²) in [5.41, 5.74) is 1.98. The Labute approximate surface area is 145 Å². The van der Waals surface area contributed by atoms with Crippen molar-refractivity contribution in [1.82, 2.24) is 20.0 Å². The first-order valence-electron chi connectivity index (χ1n) is 8.38. The fourth-order valence-corrected chi connectivity index (χ4v) is 2.96. The van der Waals surface area contributed by atoms with Crippen molar-refractivity contribution < 1.29 is 9.32 Å². The second kappa shape index (κ2) is 6.84. The highest BCUT2D eigenvalue weighted by atomic mass is 16.5. The predicted octanol–water partition coefficient (Wildman–Crippen LogP) is 3.04. The van der Waals surface area contributed by atoms with Crippen molar-refractivity contribution in [2.75, 3.05) is 6.54 Å². The molecule has 126 valence electrons. The number of hydrogen-bond acceptors (Lipinski definition) is 5. The zero-order chi connectivity index (χ0) is 17.1. The Morgan fingerprint density at radius 1 is 1.20 bits per heavy atom. The quantitative estimate of drug-likeness (QED) is 0.717. The molecule has 6 heteroatoms. The van der Waals surface area contributed by atoms with Gasteiger partial charge in [0.05, 0.1) is 0 Å². The van der Waals surface area contributed by atoms with Crippen LogP contribution in [-0.4, -0.2) is 32.5 Å². The average molecular weight is 334 g/mol. The molecule has 0 spiro atoms. The summed E-state index contributed by atoms with van der Waals surface area (Å²) in [4.78, 5) is 22.8. The highest BCUT2D eigenvalue weighted by molar-refractivity contribution is 5.77. The summed E-state index contributed by atoms with van der Waals surface area (Å²) in [5, 5.41) is 4.01. The van der Waals surface area contributed by atoms with E-state index < -0.39 is 0 Å². The Morgan fingerprint density at radius 2 is 2.08 bits per heavy atom. The van der Waals surface area contributed by atoms with Gasteiger partial charge in [-0.15, -0.1) is 0 Å². The van der Waals surface area contributed by atoms with Gasteiger partial charge in [-0.25, -0.2) is 0 Å². The van der Waals surface area contributed by atoms with Gasteiger partial charge < -0.3 is 9.42 Å². The topological polar surface area (TPSA) is 72.1 Å². The summed E-state index contributed by atoms with van der Waals surface area (Å²) >= 11 is 0. The van der Waals surface area contributed by atoms with Gasteiger partial charge >= 0.3 is 0 Å². The van der Waals surface area contributed by atoms with Crippen LogP contribution in [0.3, 0.4) is 0 Å². The second-order valence-corrected chi connectivity index (χ2v) is 6.08. The first kappa shape index (κ1) is 15.5. The van der Waals surface area contributed by atoms with Gasteiger partial charge in [0.2, 0.25) is 17.6 Å². The van der Waals surface area contributed by atoms with E-state index in [4.69, 9.17) is 4.52 Å². The largest absolute Gasteiger partial charge is 0.337 e. The minimum atomic E-state index is -0.110. The number of amides is 1. The fourth-order valence-electron chi connectivity index (χ4n) is 2.96. The summed E-state index contributed by atoms with van der Waals surface area (Å²) in [6.07, 6.45) is 5.48. The Morgan fingerprint density at radius 3 is 2.80 bits per heavy atom. The van der Waals surface area contributed by atoms with Crippen LogP contribution in [0.1, 0.15) is 30.3 Å². The molecular weight excluding hydrogens is 316 g/mol. The third-order valence-electron chi connectivity index (χ3n) is 4.46. The van der Waals surface area contributed by atoms with Crippen molar-refractivity contribution in [3.05, 3.63) is 66.3 Å². The average Bonchev–Trinajstić information content (AvgIpc) is 3.10. The molecule has 1 aliphatic rings. The van der Waals surface area contributed by atoms with Gasteiger partial charge in [-0.3, -0.25) is 9.78 Å². The minimum Gasteiger partial charge on any atom is -0.337 e. The summed E-state index contributed by atoms with van der Waals surface area (Å²) in [5.74, 6) is 1.13. The molecule has 1 aliphatic heterocycles. The molecule has 0 N–H and O–H groups in total. The molecule has 1 saturated heterocycles. The maximum atomic E-state index is 12.5. The van der Waals surface area contributed by atoms with Crippen LogP contribution >= 0.6 is 0 Å². The summed E-state index contributed by atoms with van der Waals surface area (Å²) in [6.45, 7) is 0.739. The van der Waals surface area contributed by atoms with Gasteiger partial charge in [0.25, 0.3) is 0 Å². The van der Waals surface area contributed by atoms with Crippen molar-refractivity contribution in [3.63, 3.8) is 0 Å². The second-order valence-electron chi connectivity index (χ2n) is 6.08. The van der Waals surface area contributed by atoms with E-state index in [1.54, 1.807) is 12.4 Å². The van der Waals surface area contributed by atoms with Crippen LogP contribution in [0.25, 0.3) is 11.4 Å². The molecule has 3 heterocycles. The number of nitrogens with zero attached hydrogens (tertiary/aromatic N) is 4. The lowest BCUT2D eigenvalue weighted by Crippen LogP contribution is -2.45. The summed E-state index contributed by atoms with van der Waals surface area (Å²) in [6, 6.07) is 13.6. The third kappa shape index (κ3) is 3.28. The van der Waals surface area contributed by atoms with Gasteiger partial charge in [-0.05, 0) is 30.5 Å². The predicted molar refractivity (Wildman–Crippen MR) is 91.4 cm³/mol. The number of likely N-dealkylation sites (tertiary alicyclic amines) is 1. The van der Waals surface area contributed by atoms with E-state index in [2.05, 4.69) is 15.1 Å². The smallest absolute Gasteiger partial charge is 0.249 e. The molecule has 6 nitrogen and oxygen atoms in total. The molecule has 0 saturated carbocycles. The number of pyridine rings is 1. The maximum Gasteiger partial charge on any atom is 0.249 e. The van der Waals surface area contributed by atoms with Crippen LogP contribution in [0.5, 0.6) is 0 Å². The van der Waals surface area contributed by atoms with Crippen molar-refractivity contribution in [2.45, 2.75) is 25.3 Å². The van der Waals surface area contributed by atoms with E-state index in [0.29, 0.717) is 18.1 Å². The number of benzene rings is 1. The van der Waals surface area contributed by atoms with E-state index >= 15 is 0 Å². The van der Waals surface area contributed by atoms with Crippen molar-refractivity contribution in [1.29, 1.82) is 0 Å². The van der Waals surface area contributed by atoms with E-state index in [1.165, 1.54) is 5.56 Å². The van der Waals surface area contributed by atoms with Crippen molar-refractivity contribution in [3.8, 4) is 11.4 Å². The molecule has 1 amide bonds. The van der Waals surface area contributed by atoms with E-state index in [9.17, 15) is 4.79 Å². The van der Waals surface area contributed by atoms with Crippen LogP contribution < -0.4 is 0 Å². The lowest BCUT2D eigenvalue weighted by atomic mass is 10.0. The summed E-state index contributed by atoms with van der Waals surface area (Å²) in [7, 11) is 0. The number of rotatable bonds is 5. The van der Waals surface area contributed by atoms with Crippen molar-refractivity contribution >= 4 is 5.91 Å². The van der Waals surface area contributed by atoms with Gasteiger partial charge in [0.1, 0.15) is 6.04 Å². The van der Waals surface area contributed by atoms with E-state index in [1.807, 2.05) is 47.4 Å². The van der Waals surface area contributed by atoms with Crippen LogP contribution in [-0.2, 0) is 11.2 Å². The Hall–Kier alpha value is -3.02. The number of aromatic nitrogens is 3. The molecular formula is C19H18N4O2. The van der Waals surface area contributed by atoms with Gasteiger partial charge in [-0.1, -0.05) is 35.5 Å². The highest BCUT2D eigenvalue weighted by Crippen LogP contribution is 2.33. The molecule has 0 bridgehead atoms. The lowest BCUT2D eigenvalue weighted by molar-refractivity contribution is -0.140. The molecule has 1 aromatic carbocycles. The third-order valence-corrected chi connectivity index (χ3v) is 4.46. The first-order chi connectivity index (χ1) is 12.3. The molecule has 0 unspecified atom stereocenters. The van der Waals surface area contributed by atoms with Crippen LogP contribution in [0.4, 0.5) is 0 Å². The Balaban J connectivity index is 1.40. The van der Waals surface area contributed by atoms with E-state index in [0.717, 1.165) is 24.9 Å². The van der Waals surface area contributed by atoms with Gasteiger partial charge in [0.15, 0.2) is 0 Å². The molecule has 4 rings (SSSR count). The monoisotopic (exact) mass is 334 g/mol. The standard InChI is InChI=1S/C19H18N4O2/c24-17(9-8-14-5-2-1-3-6-14)23-12-10-16(23)19-21-18(22-25-19)15-7-4-11-20-13-15/h1-7,11,13,16H,8-10,12H2/t16-/m1/s1. The number of carbonyl (C=O) groups is 1. The molecule has 3 aromatic rings. The Bertz CT molecular complexity index is 848. The zero-order valence-electron chi connectivity index (χ0n) is 13.7. The van der Waals surface area contributed by atoms with Gasteiger partial charge in [-0.2, -0.15) is 4.98 Å². The highest BCUT2D eigenvalue weighted by Gasteiger charge is 2.37. The first-order valence-corrected chi connectivity index (χ1v) is 8.38. The molecule has 1 fully saturated rings. The molecule has 2 aromatic heterocycles. The minimum absolute atomic E-state index is 0.110. The number of carbonyl (C=O) groups excluding carboxylic acids is 1. The Kier molecular flexibility index (Phi) is 4.24. The lowest BCUT2D eigenvalue weighted by Gasteiger charge is -2.38.